The van der Waals surface area contributed by atoms with Crippen molar-refractivity contribution in [3.8, 4) is 0 Å². The number of aromatic nitrogens is 5. The van der Waals surface area contributed by atoms with E-state index in [0.29, 0.717) is 0 Å². The molecule has 0 bridgehead atoms. The summed E-state index contributed by atoms with van der Waals surface area (Å²) in [7, 11) is 0. The normalized spacial score (nSPS) is 14.3. The lowest BCUT2D eigenvalue weighted by molar-refractivity contribution is 0.641. The highest BCUT2D eigenvalue weighted by Gasteiger charge is 2.19. The molecule has 0 radical (unpaired) electrons. The second kappa shape index (κ2) is 7.43. The van der Waals surface area contributed by atoms with E-state index < -0.39 is 0 Å². The van der Waals surface area contributed by atoms with Crippen LogP contribution in [0.2, 0.25) is 0 Å². The lowest BCUT2D eigenvalue weighted by Crippen LogP contribution is -2.47. The van der Waals surface area contributed by atoms with E-state index in [1.165, 1.54) is 5.69 Å². The van der Waals surface area contributed by atoms with Gasteiger partial charge in [0.15, 0.2) is 5.65 Å². The Morgan fingerprint density at radius 2 is 1.61 bits per heavy atom. The highest BCUT2D eigenvalue weighted by atomic mass is 35.5. The van der Waals surface area contributed by atoms with Gasteiger partial charge in [0.1, 0.15) is 0 Å². The average molecular weight is 354 g/mol. The van der Waals surface area contributed by atoms with Crippen LogP contribution in [0, 0.1) is 0 Å². The molecule has 3 aromatic rings. The van der Waals surface area contributed by atoms with Gasteiger partial charge in [0.2, 0.25) is 5.95 Å². The standard InChI is InChI=1S/C14H15N7.2ClH/c1-3-15-4-2-12(1)20-5-7-21(8-6-20)14-16-9-11-10-17-19-13(11)18-14;;/h1-4,9-10H,5-8H2,(H,16,17,18,19);2*1H. The van der Waals surface area contributed by atoms with Gasteiger partial charge in [-0.2, -0.15) is 10.1 Å². The van der Waals surface area contributed by atoms with Crippen LogP contribution in [0.25, 0.3) is 11.0 Å². The monoisotopic (exact) mass is 353 g/mol. The number of pyridine rings is 1. The maximum absolute atomic E-state index is 4.52. The first kappa shape index (κ1) is 17.2. The summed E-state index contributed by atoms with van der Waals surface area (Å²) in [5.74, 6) is 0.765. The molecule has 122 valence electrons. The van der Waals surface area contributed by atoms with Crippen molar-refractivity contribution in [3.05, 3.63) is 36.9 Å². The highest BCUT2D eigenvalue weighted by Crippen LogP contribution is 2.18. The van der Waals surface area contributed by atoms with Gasteiger partial charge in [0.05, 0.1) is 11.6 Å². The molecule has 0 unspecified atom stereocenters. The fraction of sp³-hybridized carbons (Fsp3) is 0.286. The minimum Gasteiger partial charge on any atom is -0.368 e. The van der Waals surface area contributed by atoms with Crippen LogP contribution < -0.4 is 9.80 Å². The van der Waals surface area contributed by atoms with Crippen LogP contribution >= 0.6 is 24.8 Å². The zero-order valence-corrected chi connectivity index (χ0v) is 13.9. The number of aromatic amines is 1. The molecular formula is C14H17Cl2N7. The van der Waals surface area contributed by atoms with Gasteiger partial charge < -0.3 is 9.80 Å². The Kier molecular flexibility index (Phi) is 5.57. The fourth-order valence-corrected chi connectivity index (χ4v) is 2.60. The Hall–Kier alpha value is -2.12. The summed E-state index contributed by atoms with van der Waals surface area (Å²) < 4.78 is 0. The van der Waals surface area contributed by atoms with E-state index in [2.05, 4.69) is 34.9 Å². The van der Waals surface area contributed by atoms with Crippen LogP contribution in [0.3, 0.4) is 0 Å². The van der Waals surface area contributed by atoms with Gasteiger partial charge in [-0.1, -0.05) is 0 Å². The molecule has 0 spiro atoms. The molecule has 1 N–H and O–H groups in total. The van der Waals surface area contributed by atoms with E-state index in [1.54, 1.807) is 6.20 Å². The van der Waals surface area contributed by atoms with E-state index in [9.17, 15) is 0 Å². The summed E-state index contributed by atoms with van der Waals surface area (Å²) >= 11 is 0. The van der Waals surface area contributed by atoms with Gasteiger partial charge in [-0.15, -0.1) is 24.8 Å². The van der Waals surface area contributed by atoms with Crippen LogP contribution in [0.5, 0.6) is 0 Å². The summed E-state index contributed by atoms with van der Waals surface area (Å²) in [6, 6.07) is 4.09. The number of piperazine rings is 1. The number of hydrogen-bond donors (Lipinski definition) is 1. The summed E-state index contributed by atoms with van der Waals surface area (Å²) in [5.41, 5.74) is 2.01. The molecule has 23 heavy (non-hydrogen) atoms. The maximum atomic E-state index is 4.52. The largest absolute Gasteiger partial charge is 0.368 e. The number of hydrogen-bond acceptors (Lipinski definition) is 6. The third-order valence-corrected chi connectivity index (χ3v) is 3.77. The molecule has 1 aliphatic heterocycles. The molecule has 4 rings (SSSR count). The zero-order chi connectivity index (χ0) is 14.1. The molecule has 1 fully saturated rings. The van der Waals surface area contributed by atoms with Crippen LogP contribution in [-0.2, 0) is 0 Å². The number of nitrogens with one attached hydrogen (secondary N) is 1. The van der Waals surface area contributed by atoms with E-state index in [0.717, 1.165) is 43.2 Å². The maximum Gasteiger partial charge on any atom is 0.227 e. The fourth-order valence-electron chi connectivity index (χ4n) is 2.60. The molecule has 3 aromatic heterocycles. The van der Waals surface area contributed by atoms with Gasteiger partial charge in [-0.3, -0.25) is 10.1 Å². The quantitative estimate of drug-likeness (QED) is 0.758. The minimum atomic E-state index is 0. The smallest absolute Gasteiger partial charge is 0.227 e. The molecule has 0 aliphatic carbocycles. The summed E-state index contributed by atoms with van der Waals surface area (Å²) in [4.78, 5) is 17.6. The van der Waals surface area contributed by atoms with Crippen LogP contribution in [0.1, 0.15) is 0 Å². The first-order valence-electron chi connectivity index (χ1n) is 6.96. The first-order chi connectivity index (χ1) is 10.4. The van der Waals surface area contributed by atoms with Gasteiger partial charge in [-0.05, 0) is 12.1 Å². The van der Waals surface area contributed by atoms with E-state index in [1.807, 2.05) is 30.7 Å². The van der Waals surface area contributed by atoms with Crippen molar-refractivity contribution in [1.29, 1.82) is 0 Å². The van der Waals surface area contributed by atoms with Crippen LogP contribution in [0.4, 0.5) is 11.6 Å². The average Bonchev–Trinajstić information content (AvgIpc) is 3.03. The van der Waals surface area contributed by atoms with Crippen molar-refractivity contribution in [2.45, 2.75) is 0 Å². The predicted molar refractivity (Wildman–Crippen MR) is 94.8 cm³/mol. The van der Waals surface area contributed by atoms with Gasteiger partial charge >= 0.3 is 0 Å². The molecule has 4 heterocycles. The third kappa shape index (κ3) is 3.46. The molecule has 1 saturated heterocycles. The van der Waals surface area contributed by atoms with E-state index in [4.69, 9.17) is 0 Å². The number of H-pyrrole nitrogens is 1. The molecule has 9 heteroatoms. The topological polar surface area (TPSA) is 73.8 Å². The van der Waals surface area contributed by atoms with E-state index in [-0.39, 0.29) is 24.8 Å². The Bertz CT molecular complexity index is 741. The summed E-state index contributed by atoms with van der Waals surface area (Å²) in [6.45, 7) is 3.71. The van der Waals surface area contributed by atoms with E-state index >= 15 is 0 Å². The van der Waals surface area contributed by atoms with Gasteiger partial charge in [-0.25, -0.2) is 4.98 Å². The third-order valence-electron chi connectivity index (χ3n) is 3.77. The summed E-state index contributed by atoms with van der Waals surface area (Å²) in [5, 5.41) is 7.81. The van der Waals surface area contributed by atoms with Crippen molar-refractivity contribution in [2.75, 3.05) is 36.0 Å². The number of rotatable bonds is 2. The Labute approximate surface area is 146 Å². The van der Waals surface area contributed by atoms with Crippen molar-refractivity contribution in [3.63, 3.8) is 0 Å². The number of anilines is 2. The molecule has 0 atom stereocenters. The first-order valence-corrected chi connectivity index (χ1v) is 6.96. The Balaban J connectivity index is 0.000000960. The number of nitrogens with zero attached hydrogens (tertiary/aromatic N) is 6. The lowest BCUT2D eigenvalue weighted by atomic mass is 10.3. The van der Waals surface area contributed by atoms with Crippen LogP contribution in [0.15, 0.2) is 36.9 Å². The second-order valence-corrected chi connectivity index (χ2v) is 5.02. The second-order valence-electron chi connectivity index (χ2n) is 5.02. The van der Waals surface area contributed by atoms with Crippen molar-refractivity contribution in [2.24, 2.45) is 0 Å². The highest BCUT2D eigenvalue weighted by molar-refractivity contribution is 5.85. The number of halogens is 2. The molecule has 7 nitrogen and oxygen atoms in total. The lowest BCUT2D eigenvalue weighted by Gasteiger charge is -2.35. The predicted octanol–water partition coefficient (Wildman–Crippen LogP) is 1.92. The Morgan fingerprint density at radius 3 is 2.35 bits per heavy atom. The number of fused-ring (bicyclic) bond motifs is 1. The molecule has 0 amide bonds. The van der Waals surface area contributed by atoms with Gasteiger partial charge in [0, 0.05) is 50.5 Å². The zero-order valence-electron chi connectivity index (χ0n) is 12.3. The summed E-state index contributed by atoms with van der Waals surface area (Å²) in [6.07, 6.45) is 7.21. The van der Waals surface area contributed by atoms with Crippen LogP contribution in [-0.4, -0.2) is 51.3 Å². The van der Waals surface area contributed by atoms with Crippen molar-refractivity contribution < 1.29 is 0 Å². The van der Waals surface area contributed by atoms with Gasteiger partial charge in [0.25, 0.3) is 0 Å². The minimum absolute atomic E-state index is 0. The van der Waals surface area contributed by atoms with Crippen molar-refractivity contribution in [1.82, 2.24) is 25.1 Å². The molecule has 0 saturated carbocycles. The molecular weight excluding hydrogens is 337 g/mol. The SMILES string of the molecule is Cl.Cl.c1cc(N2CCN(c3ncc4cn[nH]c4n3)CC2)ccn1. The Morgan fingerprint density at radius 1 is 0.913 bits per heavy atom. The molecule has 0 aromatic carbocycles. The molecule has 1 aliphatic rings. The van der Waals surface area contributed by atoms with Crippen molar-refractivity contribution >= 4 is 47.5 Å².